The minimum Gasteiger partial charge on any atom is -0.352 e. The van der Waals surface area contributed by atoms with Gasteiger partial charge >= 0.3 is 0 Å². The van der Waals surface area contributed by atoms with Crippen LogP contribution in [-0.4, -0.2) is 23.9 Å². The fourth-order valence-corrected chi connectivity index (χ4v) is 2.37. The van der Waals surface area contributed by atoms with Crippen LogP contribution in [0.2, 0.25) is 0 Å². The molecule has 2 N–H and O–H groups in total. The number of carbonyl (C=O) groups excluding carboxylic acids is 2. The second-order valence-electron chi connectivity index (χ2n) is 4.96. The zero-order valence-corrected chi connectivity index (χ0v) is 12.6. The van der Waals surface area contributed by atoms with Gasteiger partial charge in [0.1, 0.15) is 6.04 Å². The molecule has 1 aromatic carbocycles. The second-order valence-corrected chi connectivity index (χ2v) is 5.82. The summed E-state index contributed by atoms with van der Waals surface area (Å²) in [5, 5.41) is 5.58. The van der Waals surface area contributed by atoms with Crippen LogP contribution in [0.15, 0.2) is 22.7 Å². The Kier molecular flexibility index (Phi) is 4.24. The summed E-state index contributed by atoms with van der Waals surface area (Å²) < 4.78 is 0.736. The third-order valence-electron chi connectivity index (χ3n) is 3.03. The van der Waals surface area contributed by atoms with E-state index in [1.807, 2.05) is 19.1 Å². The Hall–Kier alpha value is -1.36. The average Bonchev–Trinajstić information content (AvgIpc) is 3.12. The van der Waals surface area contributed by atoms with Crippen LogP contribution >= 0.6 is 15.9 Å². The van der Waals surface area contributed by atoms with Crippen LogP contribution < -0.4 is 10.6 Å². The third-order valence-corrected chi connectivity index (χ3v) is 3.69. The maximum Gasteiger partial charge on any atom is 0.253 e. The zero-order valence-electron chi connectivity index (χ0n) is 11.0. The molecule has 0 spiro atoms. The van der Waals surface area contributed by atoms with Gasteiger partial charge in [-0.3, -0.25) is 9.59 Å². The van der Waals surface area contributed by atoms with E-state index in [0.29, 0.717) is 11.6 Å². The highest BCUT2D eigenvalue weighted by molar-refractivity contribution is 9.10. The first-order chi connectivity index (χ1) is 8.97. The molecule has 1 atom stereocenters. The molecule has 0 bridgehead atoms. The molecule has 2 rings (SSSR count). The number of rotatable bonds is 4. The number of benzene rings is 1. The van der Waals surface area contributed by atoms with Gasteiger partial charge in [0.2, 0.25) is 5.91 Å². The van der Waals surface area contributed by atoms with E-state index in [1.54, 1.807) is 13.0 Å². The number of carbonyl (C=O) groups is 2. The molecular formula is C14H17BrN2O2. The summed E-state index contributed by atoms with van der Waals surface area (Å²) in [4.78, 5) is 23.8. The van der Waals surface area contributed by atoms with Crippen LogP contribution in [0.25, 0.3) is 0 Å². The highest BCUT2D eigenvalue weighted by Crippen LogP contribution is 2.19. The van der Waals surface area contributed by atoms with Gasteiger partial charge in [0, 0.05) is 10.5 Å². The molecule has 0 saturated heterocycles. The number of hydrogen-bond acceptors (Lipinski definition) is 2. The lowest BCUT2D eigenvalue weighted by Gasteiger charge is -2.14. The molecule has 0 aliphatic heterocycles. The van der Waals surface area contributed by atoms with E-state index in [1.165, 1.54) is 0 Å². The molecule has 0 heterocycles. The Morgan fingerprint density at radius 2 is 2.05 bits per heavy atom. The minimum atomic E-state index is -0.527. The summed E-state index contributed by atoms with van der Waals surface area (Å²) >= 11 is 3.36. The van der Waals surface area contributed by atoms with Crippen molar-refractivity contribution in [3.63, 3.8) is 0 Å². The van der Waals surface area contributed by atoms with E-state index < -0.39 is 6.04 Å². The third kappa shape index (κ3) is 3.80. The molecule has 1 saturated carbocycles. The number of halogens is 1. The minimum absolute atomic E-state index is 0.126. The molecule has 1 aromatic rings. The van der Waals surface area contributed by atoms with E-state index in [-0.39, 0.29) is 11.8 Å². The Balaban J connectivity index is 1.97. The molecular weight excluding hydrogens is 308 g/mol. The fourth-order valence-electron chi connectivity index (χ4n) is 1.70. The smallest absolute Gasteiger partial charge is 0.253 e. The Morgan fingerprint density at radius 1 is 1.37 bits per heavy atom. The molecule has 1 unspecified atom stereocenters. The van der Waals surface area contributed by atoms with Crippen molar-refractivity contribution in [3.05, 3.63) is 33.8 Å². The van der Waals surface area contributed by atoms with Gasteiger partial charge in [0.25, 0.3) is 5.91 Å². The van der Waals surface area contributed by atoms with Crippen LogP contribution in [0.5, 0.6) is 0 Å². The molecule has 102 valence electrons. The van der Waals surface area contributed by atoms with Crippen molar-refractivity contribution in [1.82, 2.24) is 10.6 Å². The normalized spacial score (nSPS) is 15.7. The molecule has 1 aliphatic rings. The first-order valence-corrected chi connectivity index (χ1v) is 7.14. The van der Waals surface area contributed by atoms with E-state index in [4.69, 9.17) is 0 Å². The largest absolute Gasteiger partial charge is 0.352 e. The Morgan fingerprint density at radius 3 is 2.63 bits per heavy atom. The van der Waals surface area contributed by atoms with Crippen LogP contribution in [-0.2, 0) is 4.79 Å². The van der Waals surface area contributed by atoms with Crippen LogP contribution in [0.1, 0.15) is 35.7 Å². The van der Waals surface area contributed by atoms with Gasteiger partial charge in [-0.15, -0.1) is 0 Å². The molecule has 2 amide bonds. The van der Waals surface area contributed by atoms with Crippen LogP contribution in [0.4, 0.5) is 0 Å². The summed E-state index contributed by atoms with van der Waals surface area (Å²) in [6, 6.07) is 5.28. The summed E-state index contributed by atoms with van der Waals surface area (Å²) in [6.07, 6.45) is 2.08. The standard InChI is InChI=1S/C14H17BrN2O2/c1-8-3-6-11(12(15)7-8)14(19)16-9(2)13(18)17-10-4-5-10/h3,6-7,9-10H,4-5H2,1-2H3,(H,16,19)(H,17,18). The lowest BCUT2D eigenvalue weighted by molar-refractivity contribution is -0.122. The lowest BCUT2D eigenvalue weighted by atomic mass is 10.1. The topological polar surface area (TPSA) is 58.2 Å². The van der Waals surface area contributed by atoms with Crippen LogP contribution in [0.3, 0.4) is 0 Å². The Bertz CT molecular complexity index is 512. The number of aryl methyl sites for hydroxylation is 1. The van der Waals surface area contributed by atoms with Crippen molar-refractivity contribution < 1.29 is 9.59 Å². The molecule has 1 fully saturated rings. The predicted molar refractivity (Wildman–Crippen MR) is 77.0 cm³/mol. The van der Waals surface area contributed by atoms with E-state index in [0.717, 1.165) is 22.9 Å². The maximum atomic E-state index is 12.1. The first kappa shape index (κ1) is 14.1. The van der Waals surface area contributed by atoms with Gasteiger partial charge in [-0.2, -0.15) is 0 Å². The van der Waals surface area contributed by atoms with Gasteiger partial charge in [-0.05, 0) is 60.3 Å². The highest BCUT2D eigenvalue weighted by atomic mass is 79.9. The van der Waals surface area contributed by atoms with Gasteiger partial charge in [0.05, 0.1) is 5.56 Å². The average molecular weight is 325 g/mol. The molecule has 5 heteroatoms. The predicted octanol–water partition coefficient (Wildman–Crippen LogP) is 2.15. The van der Waals surface area contributed by atoms with Crippen LogP contribution in [0, 0.1) is 6.92 Å². The van der Waals surface area contributed by atoms with Crippen molar-refractivity contribution in [2.45, 2.75) is 38.8 Å². The van der Waals surface area contributed by atoms with Crippen molar-refractivity contribution >= 4 is 27.7 Å². The fraction of sp³-hybridized carbons (Fsp3) is 0.429. The number of nitrogens with one attached hydrogen (secondary N) is 2. The highest BCUT2D eigenvalue weighted by Gasteiger charge is 2.26. The molecule has 0 aromatic heterocycles. The molecule has 19 heavy (non-hydrogen) atoms. The summed E-state index contributed by atoms with van der Waals surface area (Å²) in [5.41, 5.74) is 1.61. The zero-order chi connectivity index (χ0) is 14.0. The SMILES string of the molecule is Cc1ccc(C(=O)NC(C)C(=O)NC2CC2)c(Br)c1. The Labute approximate surface area is 121 Å². The summed E-state index contributed by atoms with van der Waals surface area (Å²) in [6.45, 7) is 3.65. The quantitative estimate of drug-likeness (QED) is 0.891. The van der Waals surface area contributed by atoms with Gasteiger partial charge in [-0.25, -0.2) is 0 Å². The van der Waals surface area contributed by atoms with E-state index in [2.05, 4.69) is 26.6 Å². The molecule has 0 radical (unpaired) electrons. The first-order valence-electron chi connectivity index (χ1n) is 6.35. The van der Waals surface area contributed by atoms with Crippen molar-refractivity contribution in [2.24, 2.45) is 0 Å². The molecule has 1 aliphatic carbocycles. The number of amides is 2. The summed E-state index contributed by atoms with van der Waals surface area (Å²) in [5.74, 6) is -0.371. The van der Waals surface area contributed by atoms with Gasteiger partial charge < -0.3 is 10.6 Å². The second kappa shape index (κ2) is 5.74. The lowest BCUT2D eigenvalue weighted by Crippen LogP contribution is -2.45. The molecule has 4 nitrogen and oxygen atoms in total. The van der Waals surface area contributed by atoms with E-state index in [9.17, 15) is 9.59 Å². The van der Waals surface area contributed by atoms with Crippen molar-refractivity contribution in [1.29, 1.82) is 0 Å². The van der Waals surface area contributed by atoms with Crippen molar-refractivity contribution in [3.8, 4) is 0 Å². The maximum absolute atomic E-state index is 12.1. The summed E-state index contributed by atoms with van der Waals surface area (Å²) in [7, 11) is 0. The monoisotopic (exact) mass is 324 g/mol. The van der Waals surface area contributed by atoms with E-state index >= 15 is 0 Å². The van der Waals surface area contributed by atoms with Crippen molar-refractivity contribution in [2.75, 3.05) is 0 Å². The number of hydrogen-bond donors (Lipinski definition) is 2. The van der Waals surface area contributed by atoms with Gasteiger partial charge in [-0.1, -0.05) is 6.07 Å². The van der Waals surface area contributed by atoms with Gasteiger partial charge in [0.15, 0.2) is 0 Å².